The Labute approximate surface area is 307 Å². The molecule has 0 radical (unpaired) electrons. The second-order valence-electron chi connectivity index (χ2n) is 18.5. The lowest BCUT2D eigenvalue weighted by Crippen LogP contribution is -2.60. The largest absolute Gasteiger partial charge is 0.394 e. The van der Waals surface area contributed by atoms with Crippen LogP contribution in [0.1, 0.15) is 91.9 Å². The van der Waals surface area contributed by atoms with Crippen molar-refractivity contribution in [3.8, 4) is 0 Å². The minimum atomic E-state index is -1.45. The smallest absolute Gasteiger partial charge is 0.186 e. The maximum Gasteiger partial charge on any atom is 0.186 e. The van der Waals surface area contributed by atoms with E-state index >= 15 is 0 Å². The van der Waals surface area contributed by atoms with Gasteiger partial charge in [0, 0.05) is 0 Å². The highest BCUT2D eigenvalue weighted by Crippen LogP contribution is 2.70. The first-order chi connectivity index (χ1) is 24.7. The Bertz CT molecular complexity index is 1210. The van der Waals surface area contributed by atoms with Crippen LogP contribution in [-0.2, 0) is 23.7 Å². The number of aliphatic hydroxyl groups excluding tert-OH is 8. The molecule has 4 aliphatic carbocycles. The van der Waals surface area contributed by atoms with Crippen molar-refractivity contribution >= 4 is 0 Å². The molecule has 52 heavy (non-hydrogen) atoms. The van der Waals surface area contributed by atoms with Crippen molar-refractivity contribution in [3.05, 3.63) is 0 Å². The number of ether oxygens (including phenoxy) is 5. The summed E-state index contributed by atoms with van der Waals surface area (Å²) in [4.78, 5) is 0. The second-order valence-corrected chi connectivity index (χ2v) is 18.5. The molecule has 7 fully saturated rings. The lowest BCUT2D eigenvalue weighted by Gasteiger charge is -2.61. The molecule has 13 nitrogen and oxygen atoms in total. The minimum absolute atomic E-state index is 0.107. The van der Waals surface area contributed by atoms with E-state index < -0.39 is 74.6 Å². The van der Waals surface area contributed by atoms with E-state index in [0.717, 1.165) is 44.9 Å². The van der Waals surface area contributed by atoms with Gasteiger partial charge in [0.15, 0.2) is 12.6 Å². The molecular formula is C39H66O13. The third kappa shape index (κ3) is 6.83. The Morgan fingerprint density at radius 2 is 1.33 bits per heavy atom. The summed E-state index contributed by atoms with van der Waals surface area (Å²) in [5, 5.41) is 80.6. The van der Waals surface area contributed by atoms with Gasteiger partial charge in [-0.2, -0.15) is 0 Å². The van der Waals surface area contributed by atoms with Crippen molar-refractivity contribution in [1.29, 1.82) is 0 Å². The van der Waals surface area contributed by atoms with Gasteiger partial charge < -0.3 is 64.5 Å². The molecule has 7 aliphatic rings. The van der Waals surface area contributed by atoms with Crippen LogP contribution in [-0.4, -0.2) is 140 Å². The molecule has 8 N–H and O–H groups in total. The van der Waals surface area contributed by atoms with Crippen LogP contribution in [0.25, 0.3) is 0 Å². The maximum atomic E-state index is 10.6. The molecule has 0 aromatic carbocycles. The topological polar surface area (TPSA) is 208 Å². The predicted octanol–water partition coefficient (Wildman–Crippen LogP) is 1.08. The average molecular weight is 743 g/mol. The van der Waals surface area contributed by atoms with Crippen molar-refractivity contribution in [2.75, 3.05) is 19.8 Å². The Morgan fingerprint density at radius 1 is 0.692 bits per heavy atom. The van der Waals surface area contributed by atoms with Crippen LogP contribution >= 0.6 is 0 Å². The first-order valence-corrected chi connectivity index (χ1v) is 20.2. The van der Waals surface area contributed by atoms with Gasteiger partial charge in [-0.1, -0.05) is 27.7 Å². The van der Waals surface area contributed by atoms with Gasteiger partial charge >= 0.3 is 0 Å². The normalized spacial score (nSPS) is 55.3. The summed E-state index contributed by atoms with van der Waals surface area (Å²) in [5.41, 5.74) is 0.477. The zero-order valence-corrected chi connectivity index (χ0v) is 31.4. The molecule has 0 aromatic heterocycles. The van der Waals surface area contributed by atoms with Gasteiger partial charge in [0.25, 0.3) is 0 Å². The van der Waals surface area contributed by atoms with Gasteiger partial charge in [-0.25, -0.2) is 0 Å². The van der Waals surface area contributed by atoms with E-state index in [-0.39, 0.29) is 35.1 Å². The third-order valence-electron chi connectivity index (χ3n) is 15.7. The van der Waals surface area contributed by atoms with Crippen molar-refractivity contribution in [2.24, 2.45) is 52.3 Å². The highest BCUT2D eigenvalue weighted by molar-refractivity contribution is 5.14. The minimum Gasteiger partial charge on any atom is -0.394 e. The molecular weight excluding hydrogens is 676 g/mol. The number of hydrogen-bond donors (Lipinski definition) is 8. The Hall–Kier alpha value is -0.520. The predicted molar refractivity (Wildman–Crippen MR) is 185 cm³/mol. The van der Waals surface area contributed by atoms with Crippen LogP contribution in [0.4, 0.5) is 0 Å². The molecule has 3 aliphatic heterocycles. The summed E-state index contributed by atoms with van der Waals surface area (Å²) in [6.07, 6.45) is -1.66. The van der Waals surface area contributed by atoms with Crippen LogP contribution in [0.15, 0.2) is 0 Å². The lowest BCUT2D eigenvalue weighted by atomic mass is 9.44. The van der Waals surface area contributed by atoms with Gasteiger partial charge in [-0.15, -0.1) is 0 Å². The van der Waals surface area contributed by atoms with Crippen LogP contribution in [0.2, 0.25) is 0 Å². The van der Waals surface area contributed by atoms with Crippen LogP contribution in [0.5, 0.6) is 0 Å². The molecule has 0 spiro atoms. The maximum absolute atomic E-state index is 10.6. The Morgan fingerprint density at radius 3 is 2.00 bits per heavy atom. The summed E-state index contributed by atoms with van der Waals surface area (Å²) in [6.45, 7) is 8.92. The van der Waals surface area contributed by atoms with Gasteiger partial charge in [0.2, 0.25) is 0 Å². The summed E-state index contributed by atoms with van der Waals surface area (Å²) in [6, 6.07) is 0. The molecule has 22 atom stereocenters. The van der Waals surface area contributed by atoms with E-state index in [1.807, 2.05) is 0 Å². The molecule has 300 valence electrons. The first-order valence-electron chi connectivity index (χ1n) is 20.2. The average Bonchev–Trinajstić information content (AvgIpc) is 3.61. The van der Waals surface area contributed by atoms with Gasteiger partial charge in [-0.05, 0) is 116 Å². The highest BCUT2D eigenvalue weighted by atomic mass is 16.7. The van der Waals surface area contributed by atoms with E-state index in [9.17, 15) is 40.9 Å². The van der Waals surface area contributed by atoms with E-state index in [4.69, 9.17) is 23.7 Å². The third-order valence-corrected chi connectivity index (χ3v) is 15.7. The van der Waals surface area contributed by atoms with Gasteiger partial charge in [0.1, 0.15) is 48.8 Å². The number of aliphatic hydroxyl groups is 8. The van der Waals surface area contributed by atoms with Crippen LogP contribution < -0.4 is 0 Å². The molecule has 7 rings (SSSR count). The number of rotatable bonds is 10. The van der Waals surface area contributed by atoms with Crippen molar-refractivity contribution in [1.82, 2.24) is 0 Å². The van der Waals surface area contributed by atoms with Crippen molar-refractivity contribution in [3.63, 3.8) is 0 Å². The molecule has 0 amide bonds. The van der Waals surface area contributed by atoms with Crippen molar-refractivity contribution in [2.45, 2.75) is 172 Å². The molecule has 1 unspecified atom stereocenters. The fourth-order valence-corrected chi connectivity index (χ4v) is 12.7. The fourth-order valence-electron chi connectivity index (χ4n) is 12.7. The lowest BCUT2D eigenvalue weighted by molar-refractivity contribution is -0.316. The Kier molecular flexibility index (Phi) is 11.8. The summed E-state index contributed by atoms with van der Waals surface area (Å²) >= 11 is 0. The van der Waals surface area contributed by atoms with Crippen LogP contribution in [0, 0.1) is 52.3 Å². The van der Waals surface area contributed by atoms with Gasteiger partial charge in [0.05, 0.1) is 38.1 Å². The van der Waals surface area contributed by atoms with E-state index in [2.05, 4.69) is 27.7 Å². The highest BCUT2D eigenvalue weighted by Gasteiger charge is 2.66. The molecule has 3 heterocycles. The molecule has 3 saturated heterocycles. The van der Waals surface area contributed by atoms with E-state index in [0.29, 0.717) is 42.1 Å². The van der Waals surface area contributed by atoms with Crippen LogP contribution in [0.3, 0.4) is 0 Å². The quantitative estimate of drug-likeness (QED) is 0.148. The van der Waals surface area contributed by atoms with Crippen molar-refractivity contribution < 1.29 is 64.5 Å². The SMILES string of the molecule is C[C@H](CCC1O[C@H]2C[C@H]3[C@@H]4CC[C@H]5C[C@@H](O[C@@H]6O[C@H](CO)[C@@H](O)[C@H](O)[C@H]6O)CC[C@]5(C)[C@H]4CC[C@]3(C)[C@H]2[C@@H]1C)CO[C@@H]1O[C@H](CO)[C@@H](O)[C@H](O)[C@H]1O. The van der Waals surface area contributed by atoms with E-state index in [1.54, 1.807) is 0 Å². The monoisotopic (exact) mass is 742 g/mol. The molecule has 4 saturated carbocycles. The standard InChI is InChI=1S/C39H66O13/c1-18(17-48-36-34(46)32(44)30(42)27(15-40)51-36)5-8-25-19(2)29-26(50-25)14-24-22-7-6-20-13-21(9-11-38(20,3)23(22)10-12-39(24,29)4)49-37-35(47)33(45)31(43)28(16-41)52-37/h18-37,40-47H,5-17H2,1-4H3/t18-,19-,20+,21+,22-,23+,24+,25?,26+,27-,28-,29+,30-,31-,32+,33+,34-,35-,36-,37-,38+,39+/m1/s1. The number of fused-ring (bicyclic) bond motifs is 7. The zero-order valence-electron chi connectivity index (χ0n) is 31.4. The summed E-state index contributed by atoms with van der Waals surface area (Å²) in [5.74, 6) is 3.66. The molecule has 13 heteroatoms. The summed E-state index contributed by atoms with van der Waals surface area (Å²) < 4.78 is 30.2. The van der Waals surface area contributed by atoms with Gasteiger partial charge in [-0.3, -0.25) is 0 Å². The molecule has 0 aromatic rings. The summed E-state index contributed by atoms with van der Waals surface area (Å²) in [7, 11) is 0. The fraction of sp³-hybridized carbons (Fsp3) is 1.00. The first kappa shape index (κ1) is 39.7. The zero-order chi connectivity index (χ0) is 37.3. The molecule has 0 bridgehead atoms. The second kappa shape index (κ2) is 15.4. The number of hydrogen-bond acceptors (Lipinski definition) is 13. The van der Waals surface area contributed by atoms with E-state index in [1.165, 1.54) is 19.3 Å². The Balaban J connectivity index is 0.912.